The minimum absolute atomic E-state index is 0.251. The van der Waals surface area contributed by atoms with Crippen LogP contribution in [0.4, 0.5) is 0 Å². The number of benzene rings is 1. The van der Waals surface area contributed by atoms with Crippen LogP contribution in [-0.2, 0) is 0 Å². The van der Waals surface area contributed by atoms with E-state index < -0.39 is 0 Å². The molecule has 2 nitrogen and oxygen atoms in total. The molecular weight excluding hydrogens is 182 g/mol. The standard InChI is InChI=1S/C10H9NOS/c1-2-6-12-9-5-3-4-8(7-9)10(11)13/h1,3-5,7H,6H2,(H2,11,13). The van der Waals surface area contributed by atoms with Gasteiger partial charge < -0.3 is 10.5 Å². The zero-order chi connectivity index (χ0) is 9.68. The minimum Gasteiger partial charge on any atom is -0.481 e. The summed E-state index contributed by atoms with van der Waals surface area (Å²) >= 11 is 4.82. The van der Waals surface area contributed by atoms with E-state index in [2.05, 4.69) is 5.92 Å². The first kappa shape index (κ1) is 9.56. The molecule has 3 heteroatoms. The number of rotatable bonds is 3. The van der Waals surface area contributed by atoms with Crippen LogP contribution in [0.5, 0.6) is 5.75 Å². The van der Waals surface area contributed by atoms with Gasteiger partial charge in [0, 0.05) is 5.56 Å². The lowest BCUT2D eigenvalue weighted by molar-refractivity contribution is 0.370. The van der Waals surface area contributed by atoms with Gasteiger partial charge in [-0.2, -0.15) is 0 Å². The van der Waals surface area contributed by atoms with Gasteiger partial charge >= 0.3 is 0 Å². The van der Waals surface area contributed by atoms with Crippen molar-refractivity contribution in [1.82, 2.24) is 0 Å². The quantitative estimate of drug-likeness (QED) is 0.578. The molecule has 0 radical (unpaired) electrons. The van der Waals surface area contributed by atoms with E-state index in [9.17, 15) is 0 Å². The van der Waals surface area contributed by atoms with Gasteiger partial charge in [0.2, 0.25) is 0 Å². The Balaban J connectivity index is 2.80. The van der Waals surface area contributed by atoms with E-state index in [1.165, 1.54) is 0 Å². The molecular formula is C10H9NOS. The van der Waals surface area contributed by atoms with Crippen molar-refractivity contribution in [3.8, 4) is 18.1 Å². The number of nitrogens with two attached hydrogens (primary N) is 1. The maximum atomic E-state index is 5.45. The Hall–Kier alpha value is -1.53. The van der Waals surface area contributed by atoms with Gasteiger partial charge in [0.1, 0.15) is 17.3 Å². The molecule has 0 heterocycles. The summed E-state index contributed by atoms with van der Waals surface area (Å²) in [6.45, 7) is 0.251. The van der Waals surface area contributed by atoms with Gasteiger partial charge in [-0.1, -0.05) is 30.3 Å². The number of ether oxygens (including phenoxy) is 1. The molecule has 66 valence electrons. The van der Waals surface area contributed by atoms with Gasteiger partial charge in [0.15, 0.2) is 0 Å². The zero-order valence-corrected chi connectivity index (χ0v) is 7.80. The van der Waals surface area contributed by atoms with Crippen LogP contribution in [0.25, 0.3) is 0 Å². The topological polar surface area (TPSA) is 35.2 Å². The van der Waals surface area contributed by atoms with E-state index in [4.69, 9.17) is 29.1 Å². The van der Waals surface area contributed by atoms with Crippen molar-refractivity contribution in [3.05, 3.63) is 29.8 Å². The largest absolute Gasteiger partial charge is 0.481 e. The van der Waals surface area contributed by atoms with Crippen LogP contribution in [0, 0.1) is 12.3 Å². The average molecular weight is 191 g/mol. The monoisotopic (exact) mass is 191 g/mol. The highest BCUT2D eigenvalue weighted by atomic mass is 32.1. The second kappa shape index (κ2) is 4.48. The maximum absolute atomic E-state index is 5.45. The molecule has 0 aliphatic carbocycles. The fraction of sp³-hybridized carbons (Fsp3) is 0.100. The molecule has 1 rings (SSSR count). The van der Waals surface area contributed by atoms with Crippen molar-refractivity contribution in [2.75, 3.05) is 6.61 Å². The summed E-state index contributed by atoms with van der Waals surface area (Å²) in [6.07, 6.45) is 5.05. The minimum atomic E-state index is 0.251. The molecule has 13 heavy (non-hydrogen) atoms. The van der Waals surface area contributed by atoms with Crippen molar-refractivity contribution >= 4 is 17.2 Å². The summed E-state index contributed by atoms with van der Waals surface area (Å²) in [4.78, 5) is 0.353. The summed E-state index contributed by atoms with van der Waals surface area (Å²) < 4.78 is 5.19. The molecule has 1 aromatic carbocycles. The van der Waals surface area contributed by atoms with Gasteiger partial charge in [-0.3, -0.25) is 0 Å². The fourth-order valence-corrected chi connectivity index (χ4v) is 0.991. The second-order valence-corrected chi connectivity index (χ2v) is 2.82. The Morgan fingerprint density at radius 2 is 2.38 bits per heavy atom. The van der Waals surface area contributed by atoms with Crippen molar-refractivity contribution in [3.63, 3.8) is 0 Å². The Morgan fingerprint density at radius 3 is 3.00 bits per heavy atom. The second-order valence-electron chi connectivity index (χ2n) is 2.38. The Kier molecular flexibility index (Phi) is 3.30. The van der Waals surface area contributed by atoms with E-state index in [0.29, 0.717) is 10.7 Å². The molecule has 1 aromatic rings. The molecule has 0 aliphatic rings. The van der Waals surface area contributed by atoms with Gasteiger partial charge in [0.05, 0.1) is 0 Å². The molecule has 0 aliphatic heterocycles. The van der Waals surface area contributed by atoms with Crippen LogP contribution in [0.3, 0.4) is 0 Å². The SMILES string of the molecule is C#CCOc1cccc(C(N)=S)c1. The van der Waals surface area contributed by atoms with Crippen LogP contribution in [0.2, 0.25) is 0 Å². The highest BCUT2D eigenvalue weighted by molar-refractivity contribution is 7.80. The van der Waals surface area contributed by atoms with E-state index in [0.717, 1.165) is 5.56 Å². The third kappa shape index (κ3) is 2.77. The summed E-state index contributed by atoms with van der Waals surface area (Å²) in [5.74, 6) is 3.06. The van der Waals surface area contributed by atoms with Crippen molar-refractivity contribution in [2.45, 2.75) is 0 Å². The van der Waals surface area contributed by atoms with Gasteiger partial charge in [-0.05, 0) is 12.1 Å². The fourth-order valence-electron chi connectivity index (χ4n) is 0.864. The normalized spacial score (nSPS) is 8.85. The summed E-state index contributed by atoms with van der Waals surface area (Å²) in [7, 11) is 0. The summed E-state index contributed by atoms with van der Waals surface area (Å²) in [5.41, 5.74) is 6.23. The lowest BCUT2D eigenvalue weighted by Gasteiger charge is -2.03. The van der Waals surface area contributed by atoms with E-state index >= 15 is 0 Å². The number of thiocarbonyl (C=S) groups is 1. The van der Waals surface area contributed by atoms with Gasteiger partial charge in [-0.15, -0.1) is 6.42 Å². The average Bonchev–Trinajstić information content (AvgIpc) is 2.15. The highest BCUT2D eigenvalue weighted by Gasteiger charge is 1.97. The Bertz CT molecular complexity index is 354. The van der Waals surface area contributed by atoms with Gasteiger partial charge in [-0.25, -0.2) is 0 Å². The Labute approximate surface area is 82.7 Å². The first-order chi connectivity index (χ1) is 6.24. The molecule has 2 N–H and O–H groups in total. The van der Waals surface area contributed by atoms with E-state index in [1.807, 2.05) is 12.1 Å². The molecule has 0 amide bonds. The molecule has 0 saturated carbocycles. The molecule has 0 saturated heterocycles. The first-order valence-corrected chi connectivity index (χ1v) is 4.11. The summed E-state index contributed by atoms with van der Waals surface area (Å²) in [6, 6.07) is 7.21. The predicted molar refractivity (Wildman–Crippen MR) is 56.7 cm³/mol. The van der Waals surface area contributed by atoms with Crippen LogP contribution in [0.15, 0.2) is 24.3 Å². The van der Waals surface area contributed by atoms with E-state index in [-0.39, 0.29) is 6.61 Å². The number of terminal acetylenes is 1. The third-order valence-electron chi connectivity index (χ3n) is 1.44. The third-order valence-corrected chi connectivity index (χ3v) is 1.68. The molecule has 0 unspecified atom stereocenters. The van der Waals surface area contributed by atoms with Crippen molar-refractivity contribution in [2.24, 2.45) is 5.73 Å². The molecule has 0 spiro atoms. The van der Waals surface area contributed by atoms with Crippen molar-refractivity contribution in [1.29, 1.82) is 0 Å². The first-order valence-electron chi connectivity index (χ1n) is 3.70. The van der Waals surface area contributed by atoms with Crippen LogP contribution in [-0.4, -0.2) is 11.6 Å². The smallest absolute Gasteiger partial charge is 0.148 e. The van der Waals surface area contributed by atoms with Crippen LogP contribution >= 0.6 is 12.2 Å². The molecule has 0 atom stereocenters. The molecule has 0 aromatic heterocycles. The van der Waals surface area contributed by atoms with Crippen molar-refractivity contribution < 1.29 is 4.74 Å². The highest BCUT2D eigenvalue weighted by Crippen LogP contribution is 2.12. The lowest BCUT2D eigenvalue weighted by Crippen LogP contribution is -2.09. The molecule has 0 bridgehead atoms. The van der Waals surface area contributed by atoms with Crippen LogP contribution < -0.4 is 10.5 Å². The molecule has 0 fully saturated rings. The summed E-state index contributed by atoms with van der Waals surface area (Å²) in [5, 5.41) is 0. The number of hydrogen-bond donors (Lipinski definition) is 1. The Morgan fingerprint density at radius 1 is 1.62 bits per heavy atom. The van der Waals surface area contributed by atoms with Gasteiger partial charge in [0.25, 0.3) is 0 Å². The van der Waals surface area contributed by atoms with Crippen LogP contribution in [0.1, 0.15) is 5.56 Å². The lowest BCUT2D eigenvalue weighted by atomic mass is 10.2. The van der Waals surface area contributed by atoms with E-state index in [1.54, 1.807) is 12.1 Å². The predicted octanol–water partition coefficient (Wildman–Crippen LogP) is 1.33. The number of hydrogen-bond acceptors (Lipinski definition) is 2. The maximum Gasteiger partial charge on any atom is 0.148 e. The zero-order valence-electron chi connectivity index (χ0n) is 6.99.